The first-order chi connectivity index (χ1) is 5.57. The molecule has 0 aromatic carbocycles. The lowest BCUT2D eigenvalue weighted by Crippen LogP contribution is -2.18. The maximum atomic E-state index is 3.95. The lowest BCUT2D eigenvalue weighted by molar-refractivity contribution is 0.618. The highest BCUT2D eigenvalue weighted by atomic mass is 14.9. The average Bonchev–Trinajstić information content (AvgIpc) is 2.03. The number of hydrogen-bond donors (Lipinski definition) is 1. The lowest BCUT2D eigenvalue weighted by atomic mass is 10.1. The number of hydrogen-bond acceptors (Lipinski definition) is 1. The van der Waals surface area contributed by atoms with Gasteiger partial charge in [0.2, 0.25) is 0 Å². The molecule has 0 amide bonds. The first-order valence-corrected chi connectivity index (χ1v) is 4.69. The third-order valence-electron chi connectivity index (χ3n) is 2.03. The van der Waals surface area contributed by atoms with Crippen LogP contribution in [0, 0.1) is 5.92 Å². The minimum absolute atomic E-state index is 0.542. The molecule has 0 radical (unpaired) electrons. The molecule has 0 saturated carbocycles. The van der Waals surface area contributed by atoms with Crippen molar-refractivity contribution in [1.29, 1.82) is 0 Å². The Bertz CT molecular complexity index is 156. The molecule has 0 rings (SSSR count). The predicted octanol–water partition coefficient (Wildman–Crippen LogP) is 3.10. The fourth-order valence-corrected chi connectivity index (χ4v) is 0.630. The molecule has 1 unspecified atom stereocenters. The molecule has 70 valence electrons. The first-order valence-electron chi connectivity index (χ1n) is 4.69. The molecule has 0 aromatic rings. The van der Waals surface area contributed by atoms with Gasteiger partial charge >= 0.3 is 0 Å². The highest BCUT2D eigenvalue weighted by Gasteiger charge is 1.95. The third-order valence-corrected chi connectivity index (χ3v) is 2.03. The van der Waals surface area contributed by atoms with E-state index in [0.29, 0.717) is 12.0 Å². The van der Waals surface area contributed by atoms with Crippen LogP contribution in [0.25, 0.3) is 0 Å². The second kappa shape index (κ2) is 5.87. The highest BCUT2D eigenvalue weighted by Crippen LogP contribution is 2.06. The predicted molar refractivity (Wildman–Crippen MR) is 56.0 cm³/mol. The Labute approximate surface area is 76.6 Å². The van der Waals surface area contributed by atoms with Crippen molar-refractivity contribution in [2.75, 3.05) is 0 Å². The number of rotatable bonds is 5. The van der Waals surface area contributed by atoms with Gasteiger partial charge in [-0.2, -0.15) is 0 Å². The van der Waals surface area contributed by atoms with E-state index in [4.69, 9.17) is 0 Å². The standard InChI is InChI=1S/C11H21N/c1-6-11(5)12-8-7-10(4)9(2)3/h7-9,11-12H,4,6H2,1-3,5H3/b8-7-. The zero-order chi connectivity index (χ0) is 9.56. The molecule has 0 aliphatic rings. The van der Waals surface area contributed by atoms with Crippen LogP contribution < -0.4 is 5.32 Å². The molecule has 12 heavy (non-hydrogen) atoms. The molecule has 1 heteroatoms. The van der Waals surface area contributed by atoms with Crippen molar-refractivity contribution in [3.63, 3.8) is 0 Å². The Kier molecular flexibility index (Phi) is 5.52. The van der Waals surface area contributed by atoms with Gasteiger partial charge < -0.3 is 5.32 Å². The zero-order valence-corrected chi connectivity index (χ0v) is 8.72. The van der Waals surface area contributed by atoms with E-state index in [1.165, 1.54) is 5.57 Å². The fraction of sp³-hybridized carbons (Fsp3) is 0.636. The van der Waals surface area contributed by atoms with Crippen molar-refractivity contribution < 1.29 is 0 Å². The smallest absolute Gasteiger partial charge is 0.0224 e. The van der Waals surface area contributed by atoms with Gasteiger partial charge in [-0.05, 0) is 31.5 Å². The minimum atomic E-state index is 0.542. The summed E-state index contributed by atoms with van der Waals surface area (Å²) in [6, 6.07) is 0.557. The van der Waals surface area contributed by atoms with Crippen LogP contribution in [0.2, 0.25) is 0 Å². The van der Waals surface area contributed by atoms with Gasteiger partial charge in [0.25, 0.3) is 0 Å². The number of nitrogens with one attached hydrogen (secondary N) is 1. The summed E-state index contributed by atoms with van der Waals surface area (Å²) in [7, 11) is 0. The number of allylic oxidation sites excluding steroid dienone is 2. The molecule has 0 saturated heterocycles. The Morgan fingerprint density at radius 2 is 2.00 bits per heavy atom. The summed E-state index contributed by atoms with van der Waals surface area (Å²) in [6.07, 6.45) is 5.20. The van der Waals surface area contributed by atoms with Gasteiger partial charge in [0.15, 0.2) is 0 Å². The van der Waals surface area contributed by atoms with Crippen LogP contribution >= 0.6 is 0 Å². The van der Waals surface area contributed by atoms with Gasteiger partial charge in [0.1, 0.15) is 0 Å². The molecule has 0 aliphatic heterocycles. The monoisotopic (exact) mass is 167 g/mol. The quantitative estimate of drug-likeness (QED) is 0.620. The summed E-state index contributed by atoms with van der Waals surface area (Å²) in [5.41, 5.74) is 1.17. The maximum Gasteiger partial charge on any atom is 0.0224 e. The van der Waals surface area contributed by atoms with Crippen LogP contribution in [-0.2, 0) is 0 Å². The minimum Gasteiger partial charge on any atom is -0.388 e. The molecule has 0 aromatic heterocycles. The Morgan fingerprint density at radius 1 is 1.42 bits per heavy atom. The van der Waals surface area contributed by atoms with E-state index in [-0.39, 0.29) is 0 Å². The summed E-state index contributed by atoms with van der Waals surface area (Å²) >= 11 is 0. The summed E-state index contributed by atoms with van der Waals surface area (Å²) in [6.45, 7) is 12.6. The van der Waals surface area contributed by atoms with Crippen molar-refractivity contribution in [1.82, 2.24) is 5.32 Å². The first kappa shape index (κ1) is 11.3. The van der Waals surface area contributed by atoms with Crippen molar-refractivity contribution >= 4 is 0 Å². The second-order valence-corrected chi connectivity index (χ2v) is 3.54. The summed E-state index contributed by atoms with van der Waals surface area (Å²) in [5.74, 6) is 0.542. The van der Waals surface area contributed by atoms with E-state index in [0.717, 1.165) is 6.42 Å². The molecule has 0 spiro atoms. The SMILES string of the molecule is C=C(/C=C\NC(C)CC)C(C)C. The maximum absolute atomic E-state index is 3.95. The highest BCUT2D eigenvalue weighted by molar-refractivity contribution is 5.15. The van der Waals surface area contributed by atoms with E-state index < -0.39 is 0 Å². The molecule has 0 aliphatic carbocycles. The molecule has 0 bridgehead atoms. The molecule has 1 nitrogen and oxygen atoms in total. The van der Waals surface area contributed by atoms with Gasteiger partial charge in [0, 0.05) is 6.04 Å². The second-order valence-electron chi connectivity index (χ2n) is 3.54. The fourth-order valence-electron chi connectivity index (χ4n) is 0.630. The van der Waals surface area contributed by atoms with E-state index in [2.05, 4.69) is 45.7 Å². The Hall–Kier alpha value is -0.720. The topological polar surface area (TPSA) is 12.0 Å². The van der Waals surface area contributed by atoms with Crippen molar-refractivity contribution in [2.24, 2.45) is 5.92 Å². The van der Waals surface area contributed by atoms with Crippen LogP contribution in [0.4, 0.5) is 0 Å². The van der Waals surface area contributed by atoms with E-state index >= 15 is 0 Å². The summed E-state index contributed by atoms with van der Waals surface area (Å²) < 4.78 is 0. The van der Waals surface area contributed by atoms with Gasteiger partial charge in [-0.15, -0.1) is 0 Å². The molecular formula is C11H21N. The van der Waals surface area contributed by atoms with Crippen LogP contribution in [-0.4, -0.2) is 6.04 Å². The van der Waals surface area contributed by atoms with Crippen LogP contribution in [0.1, 0.15) is 34.1 Å². The van der Waals surface area contributed by atoms with Gasteiger partial charge in [-0.3, -0.25) is 0 Å². The van der Waals surface area contributed by atoms with Crippen molar-refractivity contribution in [3.05, 3.63) is 24.4 Å². The van der Waals surface area contributed by atoms with Gasteiger partial charge in [0.05, 0.1) is 0 Å². The average molecular weight is 167 g/mol. The third kappa shape index (κ3) is 5.00. The Balaban J connectivity index is 3.69. The normalized spacial score (nSPS) is 13.8. The van der Waals surface area contributed by atoms with E-state index in [1.807, 2.05) is 6.20 Å². The Morgan fingerprint density at radius 3 is 2.42 bits per heavy atom. The van der Waals surface area contributed by atoms with Crippen LogP contribution in [0.5, 0.6) is 0 Å². The summed E-state index contributed by atoms with van der Waals surface area (Å²) in [4.78, 5) is 0. The molecule has 1 atom stereocenters. The van der Waals surface area contributed by atoms with Crippen LogP contribution in [0.3, 0.4) is 0 Å². The lowest BCUT2D eigenvalue weighted by Gasteiger charge is -2.08. The van der Waals surface area contributed by atoms with E-state index in [1.54, 1.807) is 0 Å². The van der Waals surface area contributed by atoms with Crippen LogP contribution in [0.15, 0.2) is 24.4 Å². The van der Waals surface area contributed by atoms with Crippen molar-refractivity contribution in [3.8, 4) is 0 Å². The molecule has 0 fully saturated rings. The largest absolute Gasteiger partial charge is 0.388 e. The van der Waals surface area contributed by atoms with Gasteiger partial charge in [-0.1, -0.05) is 32.9 Å². The zero-order valence-electron chi connectivity index (χ0n) is 8.72. The molecular weight excluding hydrogens is 146 g/mol. The van der Waals surface area contributed by atoms with Gasteiger partial charge in [-0.25, -0.2) is 0 Å². The van der Waals surface area contributed by atoms with Crippen molar-refractivity contribution in [2.45, 2.75) is 40.2 Å². The summed E-state index contributed by atoms with van der Waals surface area (Å²) in [5, 5.41) is 3.28. The molecule has 0 heterocycles. The van der Waals surface area contributed by atoms with E-state index in [9.17, 15) is 0 Å². The molecule has 1 N–H and O–H groups in total.